The number of nitrogens with two attached hydrogens (primary N) is 1. The zero-order valence-electron chi connectivity index (χ0n) is 14.1. The molecule has 0 aliphatic heterocycles. The van der Waals surface area contributed by atoms with E-state index >= 15 is 0 Å². The zero-order valence-corrected chi connectivity index (χ0v) is 14.1. The normalized spacial score (nSPS) is 10.8. The number of anilines is 2. The molecule has 1 heterocycles. The van der Waals surface area contributed by atoms with Crippen molar-refractivity contribution in [2.24, 2.45) is 0 Å². The highest BCUT2D eigenvalue weighted by atomic mass is 16.3. The zero-order chi connectivity index (χ0) is 17.9. The first-order valence-electron chi connectivity index (χ1n) is 8.42. The first-order chi connectivity index (χ1) is 12.7. The van der Waals surface area contributed by atoms with E-state index in [1.165, 1.54) is 11.6 Å². The lowest BCUT2D eigenvalue weighted by Crippen LogP contribution is -2.05. The Hall–Kier alpha value is -3.53. The van der Waals surface area contributed by atoms with E-state index in [1.54, 1.807) is 18.2 Å². The second-order valence-corrected chi connectivity index (χ2v) is 6.08. The van der Waals surface area contributed by atoms with Gasteiger partial charge in [-0.2, -0.15) is 0 Å². The Balaban J connectivity index is 1.74. The van der Waals surface area contributed by atoms with Gasteiger partial charge < -0.3 is 15.5 Å². The van der Waals surface area contributed by atoms with Gasteiger partial charge in [0.2, 0.25) is 0 Å². The molecule has 0 bridgehead atoms. The minimum atomic E-state index is -0.141. The molecule has 0 amide bonds. The van der Waals surface area contributed by atoms with Crippen molar-refractivity contribution in [1.82, 2.24) is 0 Å². The molecule has 0 radical (unpaired) electrons. The first-order valence-corrected chi connectivity index (χ1v) is 8.42. The maximum atomic E-state index is 12.5. The van der Waals surface area contributed by atoms with Crippen molar-refractivity contribution in [2.45, 2.75) is 6.54 Å². The summed E-state index contributed by atoms with van der Waals surface area (Å²) in [4.78, 5) is 12.5. The third-order valence-corrected chi connectivity index (χ3v) is 4.31. The van der Waals surface area contributed by atoms with E-state index in [9.17, 15) is 4.79 Å². The maximum absolute atomic E-state index is 12.5. The topological polar surface area (TPSA) is 68.3 Å². The Morgan fingerprint density at radius 1 is 0.885 bits per heavy atom. The average molecular weight is 342 g/mol. The number of nitrogen functional groups attached to an aromatic ring is 1. The van der Waals surface area contributed by atoms with Crippen LogP contribution in [-0.2, 0) is 6.54 Å². The molecule has 128 valence electrons. The summed E-state index contributed by atoms with van der Waals surface area (Å²) in [6, 6.07) is 24.7. The summed E-state index contributed by atoms with van der Waals surface area (Å²) < 4.78 is 5.98. The van der Waals surface area contributed by atoms with Crippen molar-refractivity contribution in [2.75, 3.05) is 11.1 Å². The van der Waals surface area contributed by atoms with Crippen LogP contribution in [0, 0.1) is 0 Å². The molecule has 3 N–H and O–H groups in total. The molecule has 4 nitrogen and oxygen atoms in total. The second-order valence-electron chi connectivity index (χ2n) is 6.08. The number of rotatable bonds is 4. The summed E-state index contributed by atoms with van der Waals surface area (Å²) in [5.41, 5.74) is 9.61. The summed E-state index contributed by atoms with van der Waals surface area (Å²) >= 11 is 0. The SMILES string of the molecule is Nc1cccc2oc(-c3ccccc3NCc3ccccc3)cc(=O)c12. The van der Waals surface area contributed by atoms with E-state index in [4.69, 9.17) is 10.2 Å². The van der Waals surface area contributed by atoms with Gasteiger partial charge in [-0.1, -0.05) is 48.5 Å². The second kappa shape index (κ2) is 6.76. The summed E-state index contributed by atoms with van der Waals surface area (Å²) in [6.07, 6.45) is 0. The van der Waals surface area contributed by atoms with E-state index in [0.29, 0.717) is 29.0 Å². The van der Waals surface area contributed by atoms with Crippen molar-refractivity contribution in [3.8, 4) is 11.3 Å². The Morgan fingerprint density at radius 3 is 2.50 bits per heavy atom. The highest BCUT2D eigenvalue weighted by Gasteiger charge is 2.12. The Morgan fingerprint density at radius 2 is 1.65 bits per heavy atom. The van der Waals surface area contributed by atoms with Gasteiger partial charge in [-0.25, -0.2) is 0 Å². The number of benzene rings is 3. The van der Waals surface area contributed by atoms with Crippen LogP contribution in [0.5, 0.6) is 0 Å². The molecule has 0 unspecified atom stereocenters. The fourth-order valence-corrected chi connectivity index (χ4v) is 3.01. The molecule has 0 aliphatic carbocycles. The predicted octanol–water partition coefficient (Wildman–Crippen LogP) is 4.65. The van der Waals surface area contributed by atoms with Crippen molar-refractivity contribution >= 4 is 22.3 Å². The van der Waals surface area contributed by atoms with E-state index < -0.39 is 0 Å². The molecule has 0 aliphatic rings. The minimum Gasteiger partial charge on any atom is -0.456 e. The highest BCUT2D eigenvalue weighted by molar-refractivity contribution is 5.90. The Kier molecular flexibility index (Phi) is 4.15. The molecule has 4 heteroatoms. The van der Waals surface area contributed by atoms with Gasteiger partial charge in [0.15, 0.2) is 5.43 Å². The monoisotopic (exact) mass is 342 g/mol. The van der Waals surface area contributed by atoms with Crippen LogP contribution >= 0.6 is 0 Å². The Bertz CT molecular complexity index is 1120. The predicted molar refractivity (Wildman–Crippen MR) is 106 cm³/mol. The first kappa shape index (κ1) is 16.0. The van der Waals surface area contributed by atoms with E-state index in [1.807, 2.05) is 42.5 Å². The van der Waals surface area contributed by atoms with Crippen molar-refractivity contribution in [1.29, 1.82) is 0 Å². The van der Waals surface area contributed by atoms with Crippen molar-refractivity contribution < 1.29 is 4.42 Å². The van der Waals surface area contributed by atoms with E-state index in [-0.39, 0.29) is 5.43 Å². The van der Waals surface area contributed by atoms with Gasteiger partial charge in [-0.3, -0.25) is 4.79 Å². The van der Waals surface area contributed by atoms with Gasteiger partial charge in [-0.05, 0) is 29.8 Å². The summed E-state index contributed by atoms with van der Waals surface area (Å²) in [7, 11) is 0. The summed E-state index contributed by atoms with van der Waals surface area (Å²) in [6.45, 7) is 0.683. The third-order valence-electron chi connectivity index (χ3n) is 4.31. The van der Waals surface area contributed by atoms with Crippen LogP contribution in [0.25, 0.3) is 22.3 Å². The van der Waals surface area contributed by atoms with Crippen LogP contribution in [0.4, 0.5) is 11.4 Å². The van der Waals surface area contributed by atoms with Gasteiger partial charge in [0, 0.05) is 29.5 Å². The van der Waals surface area contributed by atoms with Gasteiger partial charge in [0.25, 0.3) is 0 Å². The van der Waals surface area contributed by atoms with E-state index in [0.717, 1.165) is 11.3 Å². The lowest BCUT2D eigenvalue weighted by molar-refractivity contribution is 0.619. The maximum Gasteiger partial charge on any atom is 0.195 e. The van der Waals surface area contributed by atoms with Gasteiger partial charge >= 0.3 is 0 Å². The molecule has 0 atom stereocenters. The fourth-order valence-electron chi connectivity index (χ4n) is 3.01. The average Bonchev–Trinajstić information content (AvgIpc) is 2.67. The van der Waals surface area contributed by atoms with Gasteiger partial charge in [-0.15, -0.1) is 0 Å². The molecule has 0 fully saturated rings. The lowest BCUT2D eigenvalue weighted by Gasteiger charge is -2.12. The molecule has 0 spiro atoms. The minimum absolute atomic E-state index is 0.141. The highest BCUT2D eigenvalue weighted by Crippen LogP contribution is 2.30. The molecule has 4 rings (SSSR count). The third kappa shape index (κ3) is 3.05. The van der Waals surface area contributed by atoms with Crippen LogP contribution in [0.2, 0.25) is 0 Å². The van der Waals surface area contributed by atoms with Crippen LogP contribution in [0.1, 0.15) is 5.56 Å². The summed E-state index contributed by atoms with van der Waals surface area (Å²) in [5, 5.41) is 3.84. The smallest absolute Gasteiger partial charge is 0.195 e. The quantitative estimate of drug-likeness (QED) is 0.530. The Labute approximate surface area is 150 Å². The number of fused-ring (bicyclic) bond motifs is 1. The number of hydrogen-bond donors (Lipinski definition) is 2. The van der Waals surface area contributed by atoms with Crippen LogP contribution in [0.3, 0.4) is 0 Å². The number of para-hydroxylation sites is 1. The van der Waals surface area contributed by atoms with Crippen LogP contribution in [0.15, 0.2) is 88.1 Å². The molecule has 0 saturated heterocycles. The molecule has 4 aromatic rings. The molecule has 0 saturated carbocycles. The standard InChI is InChI=1S/C22H18N2O2/c23-17-10-6-12-20-22(17)19(25)13-21(26-20)16-9-4-5-11-18(16)24-14-15-7-2-1-3-8-15/h1-13,24H,14,23H2. The van der Waals surface area contributed by atoms with Crippen molar-refractivity contribution in [3.63, 3.8) is 0 Å². The largest absolute Gasteiger partial charge is 0.456 e. The summed E-state index contributed by atoms with van der Waals surface area (Å²) in [5.74, 6) is 0.518. The van der Waals surface area contributed by atoms with E-state index in [2.05, 4.69) is 17.4 Å². The fraction of sp³-hybridized carbons (Fsp3) is 0.0455. The molecule has 3 aromatic carbocycles. The van der Waals surface area contributed by atoms with Crippen LogP contribution < -0.4 is 16.5 Å². The van der Waals surface area contributed by atoms with Crippen molar-refractivity contribution in [3.05, 3.63) is 94.6 Å². The van der Waals surface area contributed by atoms with Gasteiger partial charge in [0.05, 0.1) is 5.39 Å². The van der Waals surface area contributed by atoms with Gasteiger partial charge in [0.1, 0.15) is 11.3 Å². The number of hydrogen-bond acceptors (Lipinski definition) is 4. The lowest BCUT2D eigenvalue weighted by atomic mass is 10.1. The number of nitrogens with one attached hydrogen (secondary N) is 1. The molecule has 26 heavy (non-hydrogen) atoms. The molecule has 1 aromatic heterocycles. The molecular weight excluding hydrogens is 324 g/mol. The molecular formula is C22H18N2O2. The van der Waals surface area contributed by atoms with Crippen LogP contribution in [-0.4, -0.2) is 0 Å².